The van der Waals surface area contributed by atoms with Crippen molar-refractivity contribution in [3.63, 3.8) is 0 Å². The van der Waals surface area contributed by atoms with Gasteiger partial charge in [-0.15, -0.1) is 0 Å². The highest BCUT2D eigenvalue weighted by Crippen LogP contribution is 2.12. The monoisotopic (exact) mass is 175 g/mol. The first-order chi connectivity index (χ1) is 6.31. The van der Waals surface area contributed by atoms with E-state index in [-0.39, 0.29) is 0 Å². The van der Waals surface area contributed by atoms with Crippen LogP contribution in [0.3, 0.4) is 0 Å². The third kappa shape index (κ3) is 1.42. The van der Waals surface area contributed by atoms with Gasteiger partial charge in [0.2, 0.25) is 0 Å². The first-order valence-corrected chi connectivity index (χ1v) is 4.41. The molecule has 0 aliphatic heterocycles. The second-order valence-electron chi connectivity index (χ2n) is 3.17. The maximum absolute atomic E-state index is 4.19. The molecule has 0 unspecified atom stereocenters. The van der Waals surface area contributed by atoms with E-state index in [4.69, 9.17) is 0 Å². The standard InChI is InChI=1S/C10H13N3/c1-8(11-2)9-3-4-10-12-5-6-13(10)7-9/h3-8,11H,1-2H3/t8-/m0/s1. The Hall–Kier alpha value is -1.35. The summed E-state index contributed by atoms with van der Waals surface area (Å²) in [5, 5.41) is 3.20. The summed E-state index contributed by atoms with van der Waals surface area (Å²) in [5.74, 6) is 0. The quantitative estimate of drug-likeness (QED) is 0.751. The van der Waals surface area contributed by atoms with Crippen molar-refractivity contribution in [3.8, 4) is 0 Å². The smallest absolute Gasteiger partial charge is 0.136 e. The molecule has 1 N–H and O–H groups in total. The van der Waals surface area contributed by atoms with Crippen LogP contribution in [-0.4, -0.2) is 16.4 Å². The predicted molar refractivity (Wildman–Crippen MR) is 52.7 cm³/mol. The minimum absolute atomic E-state index is 0.381. The number of fused-ring (bicyclic) bond motifs is 1. The molecule has 0 radical (unpaired) electrons. The zero-order valence-corrected chi connectivity index (χ0v) is 7.86. The summed E-state index contributed by atoms with van der Waals surface area (Å²) in [4.78, 5) is 4.19. The van der Waals surface area contributed by atoms with Gasteiger partial charge in [0, 0.05) is 24.6 Å². The van der Waals surface area contributed by atoms with Crippen LogP contribution in [0.1, 0.15) is 18.5 Å². The maximum Gasteiger partial charge on any atom is 0.136 e. The van der Waals surface area contributed by atoms with E-state index in [1.165, 1.54) is 5.56 Å². The van der Waals surface area contributed by atoms with Gasteiger partial charge in [-0.1, -0.05) is 6.07 Å². The van der Waals surface area contributed by atoms with E-state index >= 15 is 0 Å². The van der Waals surface area contributed by atoms with Gasteiger partial charge in [-0.25, -0.2) is 4.98 Å². The maximum atomic E-state index is 4.19. The SMILES string of the molecule is CN[C@@H](C)c1ccc2nccn2c1. The molecule has 0 saturated carbocycles. The molecule has 2 heterocycles. The summed E-state index contributed by atoms with van der Waals surface area (Å²) < 4.78 is 2.03. The number of rotatable bonds is 2. The van der Waals surface area contributed by atoms with E-state index in [0.29, 0.717) is 6.04 Å². The van der Waals surface area contributed by atoms with Gasteiger partial charge in [0.25, 0.3) is 0 Å². The van der Waals surface area contributed by atoms with E-state index in [1.54, 1.807) is 0 Å². The lowest BCUT2D eigenvalue weighted by Crippen LogP contribution is -2.12. The minimum atomic E-state index is 0.381. The summed E-state index contributed by atoms with van der Waals surface area (Å²) in [7, 11) is 1.96. The number of nitrogens with one attached hydrogen (secondary N) is 1. The summed E-state index contributed by atoms with van der Waals surface area (Å²) >= 11 is 0. The Morgan fingerprint density at radius 2 is 2.31 bits per heavy atom. The average Bonchev–Trinajstić information content (AvgIpc) is 2.63. The Bertz CT molecular complexity index is 405. The third-order valence-electron chi connectivity index (χ3n) is 2.34. The number of hydrogen-bond donors (Lipinski definition) is 1. The van der Waals surface area contributed by atoms with E-state index in [2.05, 4.69) is 29.5 Å². The van der Waals surface area contributed by atoms with Gasteiger partial charge < -0.3 is 9.72 Å². The molecular formula is C10H13N3. The Balaban J connectivity index is 2.48. The lowest BCUT2D eigenvalue weighted by atomic mass is 10.1. The summed E-state index contributed by atoms with van der Waals surface area (Å²) in [6.45, 7) is 2.14. The number of hydrogen-bond acceptors (Lipinski definition) is 2. The van der Waals surface area contributed by atoms with E-state index in [1.807, 2.05) is 29.9 Å². The molecule has 0 aliphatic rings. The summed E-state index contributed by atoms with van der Waals surface area (Å²) in [6.07, 6.45) is 5.87. The predicted octanol–water partition coefficient (Wildman–Crippen LogP) is 1.61. The summed E-state index contributed by atoms with van der Waals surface area (Å²) in [5.41, 5.74) is 2.26. The molecular weight excluding hydrogens is 162 g/mol. The van der Waals surface area contributed by atoms with Crippen LogP contribution in [0.15, 0.2) is 30.7 Å². The zero-order chi connectivity index (χ0) is 9.26. The molecule has 68 valence electrons. The van der Waals surface area contributed by atoms with Crippen molar-refractivity contribution in [1.82, 2.24) is 14.7 Å². The molecule has 0 aliphatic carbocycles. The van der Waals surface area contributed by atoms with Crippen molar-refractivity contribution < 1.29 is 0 Å². The topological polar surface area (TPSA) is 29.3 Å². The van der Waals surface area contributed by atoms with Crippen LogP contribution in [0.4, 0.5) is 0 Å². The van der Waals surface area contributed by atoms with Gasteiger partial charge in [0.1, 0.15) is 5.65 Å². The van der Waals surface area contributed by atoms with Gasteiger partial charge in [0.15, 0.2) is 0 Å². The molecule has 1 atom stereocenters. The van der Waals surface area contributed by atoms with Crippen LogP contribution in [0.25, 0.3) is 5.65 Å². The van der Waals surface area contributed by atoms with Gasteiger partial charge in [-0.2, -0.15) is 0 Å². The number of nitrogens with zero attached hydrogens (tertiary/aromatic N) is 2. The molecule has 0 aromatic carbocycles. The van der Waals surface area contributed by atoms with Crippen molar-refractivity contribution in [2.24, 2.45) is 0 Å². The Morgan fingerprint density at radius 1 is 1.46 bits per heavy atom. The van der Waals surface area contributed by atoms with Crippen LogP contribution >= 0.6 is 0 Å². The van der Waals surface area contributed by atoms with Crippen molar-refractivity contribution in [3.05, 3.63) is 36.3 Å². The average molecular weight is 175 g/mol. The normalized spacial score (nSPS) is 13.4. The first kappa shape index (κ1) is 8.26. The number of pyridine rings is 1. The van der Waals surface area contributed by atoms with Gasteiger partial charge in [-0.05, 0) is 25.6 Å². The van der Waals surface area contributed by atoms with Gasteiger partial charge in [-0.3, -0.25) is 0 Å². The molecule has 3 heteroatoms. The third-order valence-corrected chi connectivity index (χ3v) is 2.34. The number of imidazole rings is 1. The molecule has 0 bridgehead atoms. The van der Waals surface area contributed by atoms with Gasteiger partial charge in [0.05, 0.1) is 0 Å². The fraction of sp³-hybridized carbons (Fsp3) is 0.300. The van der Waals surface area contributed by atoms with E-state index in [9.17, 15) is 0 Å². The van der Waals surface area contributed by atoms with Crippen LogP contribution in [0.2, 0.25) is 0 Å². The fourth-order valence-corrected chi connectivity index (χ4v) is 1.36. The Kier molecular flexibility index (Phi) is 2.02. The molecule has 2 aromatic rings. The highest BCUT2D eigenvalue weighted by atomic mass is 15.0. The largest absolute Gasteiger partial charge is 0.313 e. The molecule has 0 fully saturated rings. The Morgan fingerprint density at radius 3 is 3.08 bits per heavy atom. The molecule has 3 nitrogen and oxygen atoms in total. The van der Waals surface area contributed by atoms with Crippen molar-refractivity contribution in [2.75, 3.05) is 7.05 Å². The van der Waals surface area contributed by atoms with Crippen molar-refractivity contribution in [2.45, 2.75) is 13.0 Å². The highest BCUT2D eigenvalue weighted by molar-refractivity contribution is 5.39. The van der Waals surface area contributed by atoms with Crippen molar-refractivity contribution >= 4 is 5.65 Å². The van der Waals surface area contributed by atoms with Crippen molar-refractivity contribution in [1.29, 1.82) is 0 Å². The molecule has 2 aromatic heterocycles. The zero-order valence-electron chi connectivity index (χ0n) is 7.86. The Labute approximate surface area is 77.4 Å². The van der Waals surface area contributed by atoms with Crippen LogP contribution < -0.4 is 5.32 Å². The summed E-state index contributed by atoms with van der Waals surface area (Å²) in [6, 6.07) is 4.51. The first-order valence-electron chi connectivity index (χ1n) is 4.41. The molecule has 0 spiro atoms. The second-order valence-corrected chi connectivity index (χ2v) is 3.17. The molecule has 0 saturated heterocycles. The van der Waals surface area contributed by atoms with Crippen LogP contribution in [-0.2, 0) is 0 Å². The fourth-order valence-electron chi connectivity index (χ4n) is 1.36. The van der Waals surface area contributed by atoms with E-state index < -0.39 is 0 Å². The second kappa shape index (κ2) is 3.18. The molecule has 0 amide bonds. The lowest BCUT2D eigenvalue weighted by Gasteiger charge is -2.10. The minimum Gasteiger partial charge on any atom is -0.313 e. The van der Waals surface area contributed by atoms with Crippen LogP contribution in [0.5, 0.6) is 0 Å². The highest BCUT2D eigenvalue weighted by Gasteiger charge is 2.02. The van der Waals surface area contributed by atoms with Gasteiger partial charge >= 0.3 is 0 Å². The lowest BCUT2D eigenvalue weighted by molar-refractivity contribution is 0.648. The number of aromatic nitrogens is 2. The molecule has 13 heavy (non-hydrogen) atoms. The molecule has 2 rings (SSSR count). The van der Waals surface area contributed by atoms with E-state index in [0.717, 1.165) is 5.65 Å². The van der Waals surface area contributed by atoms with Crippen LogP contribution in [0, 0.1) is 0 Å².